The van der Waals surface area contributed by atoms with Gasteiger partial charge in [0.1, 0.15) is 0 Å². The van der Waals surface area contributed by atoms with Crippen molar-refractivity contribution in [1.29, 1.82) is 0 Å². The SMILES string of the molecule is CN(c1ccc(C(=O)NCCSCc2ccccc2)cc1)S(=O)(=O)c1ccc(Cl)cc1. The molecule has 0 atom stereocenters. The normalized spacial score (nSPS) is 11.2. The van der Waals surface area contributed by atoms with Crippen molar-refractivity contribution in [3.05, 3.63) is 95.0 Å². The van der Waals surface area contributed by atoms with Crippen LogP contribution in [0.1, 0.15) is 15.9 Å². The van der Waals surface area contributed by atoms with E-state index in [1.165, 1.54) is 41.2 Å². The predicted octanol–water partition coefficient (Wildman–Crippen LogP) is 4.83. The largest absolute Gasteiger partial charge is 0.351 e. The maximum absolute atomic E-state index is 12.8. The topological polar surface area (TPSA) is 66.5 Å². The van der Waals surface area contributed by atoms with Gasteiger partial charge in [-0.15, -0.1) is 0 Å². The molecule has 1 N–H and O–H groups in total. The molecule has 0 aromatic heterocycles. The minimum atomic E-state index is -3.71. The lowest BCUT2D eigenvalue weighted by atomic mass is 10.2. The molecule has 3 rings (SSSR count). The van der Waals surface area contributed by atoms with E-state index < -0.39 is 10.0 Å². The zero-order valence-electron chi connectivity index (χ0n) is 17.0. The number of nitrogens with one attached hydrogen (secondary N) is 1. The first-order chi connectivity index (χ1) is 14.9. The number of benzene rings is 3. The van der Waals surface area contributed by atoms with Gasteiger partial charge < -0.3 is 5.32 Å². The Morgan fingerprint density at radius 3 is 2.26 bits per heavy atom. The number of hydrogen-bond donors (Lipinski definition) is 1. The van der Waals surface area contributed by atoms with Gasteiger partial charge in [0.15, 0.2) is 0 Å². The van der Waals surface area contributed by atoms with Gasteiger partial charge in [-0.3, -0.25) is 9.10 Å². The summed E-state index contributed by atoms with van der Waals surface area (Å²) in [5.74, 6) is 1.52. The zero-order valence-corrected chi connectivity index (χ0v) is 19.4. The molecule has 0 radical (unpaired) electrons. The Kier molecular flexibility index (Phi) is 8.01. The van der Waals surface area contributed by atoms with E-state index in [-0.39, 0.29) is 10.8 Å². The highest BCUT2D eigenvalue weighted by Crippen LogP contribution is 2.23. The number of sulfonamides is 1. The van der Waals surface area contributed by atoms with Crippen molar-refractivity contribution >= 4 is 45.0 Å². The quantitative estimate of drug-likeness (QED) is 0.451. The maximum Gasteiger partial charge on any atom is 0.264 e. The van der Waals surface area contributed by atoms with Crippen LogP contribution in [0.25, 0.3) is 0 Å². The van der Waals surface area contributed by atoms with Gasteiger partial charge in [0.2, 0.25) is 0 Å². The van der Waals surface area contributed by atoms with Gasteiger partial charge in [-0.25, -0.2) is 8.42 Å². The first-order valence-corrected chi connectivity index (χ1v) is 12.6. The Labute approximate surface area is 192 Å². The number of amides is 1. The molecule has 3 aromatic carbocycles. The first kappa shape index (κ1) is 23.2. The van der Waals surface area contributed by atoms with E-state index in [1.54, 1.807) is 36.0 Å². The van der Waals surface area contributed by atoms with Crippen LogP contribution in [-0.2, 0) is 15.8 Å². The summed E-state index contributed by atoms with van der Waals surface area (Å²) in [6.07, 6.45) is 0. The van der Waals surface area contributed by atoms with E-state index in [1.807, 2.05) is 18.2 Å². The molecule has 0 unspecified atom stereocenters. The Morgan fingerprint density at radius 2 is 1.61 bits per heavy atom. The van der Waals surface area contributed by atoms with E-state index in [2.05, 4.69) is 17.4 Å². The van der Waals surface area contributed by atoms with Crippen LogP contribution >= 0.6 is 23.4 Å². The monoisotopic (exact) mass is 474 g/mol. The lowest BCUT2D eigenvalue weighted by Gasteiger charge is -2.19. The average Bonchev–Trinajstić information content (AvgIpc) is 2.79. The number of rotatable bonds is 9. The van der Waals surface area contributed by atoms with Crippen molar-refractivity contribution in [2.75, 3.05) is 23.7 Å². The molecule has 0 aliphatic heterocycles. The van der Waals surface area contributed by atoms with Crippen molar-refractivity contribution in [3.8, 4) is 0 Å². The van der Waals surface area contributed by atoms with Crippen LogP contribution in [-0.4, -0.2) is 33.7 Å². The second kappa shape index (κ2) is 10.7. The Hall–Kier alpha value is -2.48. The van der Waals surface area contributed by atoms with Gasteiger partial charge in [0, 0.05) is 35.7 Å². The Bertz CT molecular complexity index is 1100. The molecule has 0 heterocycles. The van der Waals surface area contributed by atoms with Crippen LogP contribution in [0.4, 0.5) is 5.69 Å². The summed E-state index contributed by atoms with van der Waals surface area (Å²) in [4.78, 5) is 12.5. The fraction of sp³-hybridized carbons (Fsp3) is 0.174. The average molecular weight is 475 g/mol. The van der Waals surface area contributed by atoms with Crippen LogP contribution in [0.3, 0.4) is 0 Å². The first-order valence-electron chi connectivity index (χ1n) is 9.62. The second-order valence-electron chi connectivity index (χ2n) is 6.77. The van der Waals surface area contributed by atoms with Crippen molar-refractivity contribution in [2.45, 2.75) is 10.6 Å². The molecule has 0 spiro atoms. The van der Waals surface area contributed by atoms with Gasteiger partial charge in [0.05, 0.1) is 10.6 Å². The standard InChI is InChI=1S/C23H23ClN2O3S2/c1-26(31(28,29)22-13-9-20(24)10-14-22)21-11-7-19(8-12-21)23(27)25-15-16-30-17-18-5-3-2-4-6-18/h2-14H,15-17H2,1H3,(H,25,27). The molecular formula is C23H23ClN2O3S2. The van der Waals surface area contributed by atoms with E-state index in [4.69, 9.17) is 11.6 Å². The summed E-state index contributed by atoms with van der Waals surface area (Å²) in [6.45, 7) is 0.558. The fourth-order valence-electron chi connectivity index (χ4n) is 2.83. The lowest BCUT2D eigenvalue weighted by molar-refractivity contribution is 0.0956. The molecule has 0 fully saturated rings. The maximum atomic E-state index is 12.8. The van der Waals surface area contributed by atoms with Gasteiger partial charge in [0.25, 0.3) is 15.9 Å². The minimum absolute atomic E-state index is 0.147. The lowest BCUT2D eigenvalue weighted by Crippen LogP contribution is -2.27. The van der Waals surface area contributed by atoms with Crippen LogP contribution in [0.2, 0.25) is 5.02 Å². The molecule has 0 aliphatic rings. The summed E-state index contributed by atoms with van der Waals surface area (Å²) < 4.78 is 26.7. The molecule has 8 heteroatoms. The van der Waals surface area contributed by atoms with Crippen LogP contribution in [0.15, 0.2) is 83.8 Å². The van der Waals surface area contributed by atoms with Gasteiger partial charge >= 0.3 is 0 Å². The van der Waals surface area contributed by atoms with Crippen LogP contribution in [0.5, 0.6) is 0 Å². The highest BCUT2D eigenvalue weighted by molar-refractivity contribution is 7.98. The highest BCUT2D eigenvalue weighted by atomic mass is 35.5. The predicted molar refractivity (Wildman–Crippen MR) is 128 cm³/mol. The van der Waals surface area contributed by atoms with E-state index in [9.17, 15) is 13.2 Å². The van der Waals surface area contributed by atoms with Gasteiger partial charge in [-0.2, -0.15) is 11.8 Å². The number of carbonyl (C=O) groups is 1. The molecule has 0 saturated heterocycles. The third-order valence-corrected chi connectivity index (χ3v) is 7.69. The Morgan fingerprint density at radius 1 is 0.968 bits per heavy atom. The fourth-order valence-corrected chi connectivity index (χ4v) is 4.97. The second-order valence-corrected chi connectivity index (χ2v) is 10.3. The summed E-state index contributed by atoms with van der Waals surface area (Å²) in [7, 11) is -2.24. The van der Waals surface area contributed by atoms with E-state index in [0.717, 1.165) is 11.5 Å². The summed E-state index contributed by atoms with van der Waals surface area (Å²) in [5, 5.41) is 3.36. The summed E-state index contributed by atoms with van der Waals surface area (Å²) >= 11 is 7.59. The zero-order chi connectivity index (χ0) is 22.3. The molecule has 5 nitrogen and oxygen atoms in total. The molecular weight excluding hydrogens is 452 g/mol. The number of halogens is 1. The third-order valence-electron chi connectivity index (χ3n) is 4.61. The Balaban J connectivity index is 1.52. The van der Waals surface area contributed by atoms with Crippen molar-refractivity contribution in [3.63, 3.8) is 0 Å². The molecule has 31 heavy (non-hydrogen) atoms. The number of thioether (sulfide) groups is 1. The van der Waals surface area contributed by atoms with Crippen molar-refractivity contribution < 1.29 is 13.2 Å². The third kappa shape index (κ3) is 6.26. The van der Waals surface area contributed by atoms with Crippen LogP contribution in [0, 0.1) is 0 Å². The summed E-state index contributed by atoms with van der Waals surface area (Å²) in [5.41, 5.74) is 2.20. The number of anilines is 1. The van der Waals surface area contributed by atoms with Crippen molar-refractivity contribution in [2.24, 2.45) is 0 Å². The molecule has 1 amide bonds. The molecule has 3 aromatic rings. The van der Waals surface area contributed by atoms with Gasteiger partial charge in [-0.1, -0.05) is 41.9 Å². The highest BCUT2D eigenvalue weighted by Gasteiger charge is 2.21. The van der Waals surface area contributed by atoms with Gasteiger partial charge in [-0.05, 0) is 54.1 Å². The minimum Gasteiger partial charge on any atom is -0.351 e. The summed E-state index contributed by atoms with van der Waals surface area (Å²) in [6, 6.07) is 22.7. The van der Waals surface area contributed by atoms with E-state index >= 15 is 0 Å². The number of nitrogens with zero attached hydrogens (tertiary/aromatic N) is 1. The van der Waals surface area contributed by atoms with Crippen LogP contribution < -0.4 is 9.62 Å². The smallest absolute Gasteiger partial charge is 0.264 e. The molecule has 162 valence electrons. The number of hydrogen-bond acceptors (Lipinski definition) is 4. The molecule has 0 aliphatic carbocycles. The van der Waals surface area contributed by atoms with E-state index in [0.29, 0.717) is 22.8 Å². The molecule has 0 saturated carbocycles. The number of carbonyl (C=O) groups excluding carboxylic acids is 1. The van der Waals surface area contributed by atoms with Crippen molar-refractivity contribution in [1.82, 2.24) is 5.32 Å². The molecule has 0 bridgehead atoms.